The van der Waals surface area contributed by atoms with Crippen molar-refractivity contribution >= 4 is 0 Å². The SMILES string of the molecule is Cc1ccc([C@H]2C[C@@H](O)C[C@@H](CO)O2)cc1Cc1ccc(OC[C@@H]2OC(C)(C)c3ccccc32)cc1. The maximum absolute atomic E-state index is 10.2. The Morgan fingerprint density at radius 3 is 2.56 bits per heavy atom. The van der Waals surface area contributed by atoms with Gasteiger partial charge in [0.1, 0.15) is 18.5 Å². The monoisotopic (exact) mass is 488 g/mol. The van der Waals surface area contributed by atoms with Crippen molar-refractivity contribution in [1.29, 1.82) is 0 Å². The van der Waals surface area contributed by atoms with E-state index in [1.54, 1.807) is 0 Å². The van der Waals surface area contributed by atoms with Crippen LogP contribution in [0.2, 0.25) is 0 Å². The minimum absolute atomic E-state index is 0.0716. The summed E-state index contributed by atoms with van der Waals surface area (Å²) >= 11 is 0. The number of fused-ring (bicyclic) bond motifs is 1. The van der Waals surface area contributed by atoms with Crippen LogP contribution in [0.15, 0.2) is 66.7 Å². The van der Waals surface area contributed by atoms with E-state index >= 15 is 0 Å². The molecule has 0 saturated carbocycles. The van der Waals surface area contributed by atoms with Crippen LogP contribution in [-0.2, 0) is 21.5 Å². The average Bonchev–Trinajstić information content (AvgIpc) is 3.14. The molecule has 3 aromatic rings. The zero-order chi connectivity index (χ0) is 25.3. The van der Waals surface area contributed by atoms with Gasteiger partial charge in [-0.15, -0.1) is 0 Å². The Kier molecular flexibility index (Phi) is 7.18. The second-order valence-electron chi connectivity index (χ2n) is 10.6. The van der Waals surface area contributed by atoms with Gasteiger partial charge in [0.25, 0.3) is 0 Å². The lowest BCUT2D eigenvalue weighted by molar-refractivity contribution is -0.113. The van der Waals surface area contributed by atoms with E-state index in [9.17, 15) is 10.2 Å². The number of hydrogen-bond donors (Lipinski definition) is 2. The predicted octanol–water partition coefficient (Wildman–Crippen LogP) is 5.54. The first-order chi connectivity index (χ1) is 17.3. The molecular weight excluding hydrogens is 452 g/mol. The summed E-state index contributed by atoms with van der Waals surface area (Å²) in [4.78, 5) is 0. The Balaban J connectivity index is 1.23. The van der Waals surface area contributed by atoms with E-state index in [0.717, 1.165) is 17.7 Å². The highest BCUT2D eigenvalue weighted by Gasteiger charge is 2.37. The van der Waals surface area contributed by atoms with Gasteiger partial charge in [-0.25, -0.2) is 0 Å². The van der Waals surface area contributed by atoms with Crippen LogP contribution in [0.25, 0.3) is 0 Å². The Morgan fingerprint density at radius 1 is 1.00 bits per heavy atom. The molecule has 5 heteroatoms. The maximum Gasteiger partial charge on any atom is 0.119 e. The number of aryl methyl sites for hydroxylation is 1. The number of aliphatic hydroxyl groups is 2. The minimum Gasteiger partial charge on any atom is -0.491 e. The number of benzene rings is 3. The number of ether oxygens (including phenoxy) is 3. The Morgan fingerprint density at radius 2 is 1.78 bits per heavy atom. The van der Waals surface area contributed by atoms with Gasteiger partial charge in [-0.2, -0.15) is 0 Å². The fourth-order valence-corrected chi connectivity index (χ4v) is 5.43. The minimum atomic E-state index is -0.451. The van der Waals surface area contributed by atoms with Gasteiger partial charge in [0.2, 0.25) is 0 Å². The van der Waals surface area contributed by atoms with E-state index in [0.29, 0.717) is 19.4 Å². The lowest BCUT2D eigenvalue weighted by atomic mass is 9.92. The van der Waals surface area contributed by atoms with Gasteiger partial charge < -0.3 is 24.4 Å². The van der Waals surface area contributed by atoms with Crippen molar-refractivity contribution in [2.45, 2.75) is 70.1 Å². The molecule has 2 heterocycles. The van der Waals surface area contributed by atoms with Crippen molar-refractivity contribution in [2.24, 2.45) is 0 Å². The molecule has 3 aromatic carbocycles. The van der Waals surface area contributed by atoms with Gasteiger partial charge in [0.05, 0.1) is 30.5 Å². The van der Waals surface area contributed by atoms with E-state index < -0.39 is 6.10 Å². The molecule has 0 aromatic heterocycles. The van der Waals surface area contributed by atoms with Crippen molar-refractivity contribution in [2.75, 3.05) is 13.2 Å². The molecule has 1 fully saturated rings. The first kappa shape index (κ1) is 25.0. The van der Waals surface area contributed by atoms with E-state index in [-0.39, 0.29) is 30.5 Å². The van der Waals surface area contributed by atoms with Gasteiger partial charge >= 0.3 is 0 Å². The van der Waals surface area contributed by atoms with Crippen molar-refractivity contribution < 1.29 is 24.4 Å². The second kappa shape index (κ2) is 10.3. The van der Waals surface area contributed by atoms with Crippen LogP contribution < -0.4 is 4.74 Å². The topological polar surface area (TPSA) is 68.2 Å². The number of rotatable bonds is 7. The molecule has 5 nitrogen and oxygen atoms in total. The molecule has 0 amide bonds. The van der Waals surface area contributed by atoms with Gasteiger partial charge in [-0.05, 0) is 72.7 Å². The summed E-state index contributed by atoms with van der Waals surface area (Å²) in [6, 6.07) is 23.0. The maximum atomic E-state index is 10.2. The Bertz CT molecular complexity index is 1190. The molecule has 2 aliphatic heterocycles. The number of hydrogen-bond acceptors (Lipinski definition) is 5. The van der Waals surface area contributed by atoms with Crippen molar-refractivity contribution in [3.63, 3.8) is 0 Å². The second-order valence-corrected chi connectivity index (χ2v) is 10.6. The highest BCUT2D eigenvalue weighted by molar-refractivity contribution is 5.39. The van der Waals surface area contributed by atoms with Crippen LogP contribution in [0.4, 0.5) is 0 Å². The lowest BCUT2D eigenvalue weighted by Crippen LogP contribution is -2.33. The molecule has 5 rings (SSSR count). The summed E-state index contributed by atoms with van der Waals surface area (Å²) in [5.41, 5.74) is 6.82. The quantitative estimate of drug-likeness (QED) is 0.457. The van der Waals surface area contributed by atoms with E-state index in [1.807, 2.05) is 12.1 Å². The van der Waals surface area contributed by atoms with Crippen LogP contribution in [0.5, 0.6) is 5.75 Å². The third-order valence-corrected chi connectivity index (χ3v) is 7.44. The normalized spacial score (nSPS) is 24.9. The van der Waals surface area contributed by atoms with Gasteiger partial charge in [0, 0.05) is 12.8 Å². The van der Waals surface area contributed by atoms with Crippen LogP contribution >= 0.6 is 0 Å². The summed E-state index contributed by atoms with van der Waals surface area (Å²) in [5, 5.41) is 19.7. The van der Waals surface area contributed by atoms with E-state index in [2.05, 4.69) is 75.4 Å². The zero-order valence-corrected chi connectivity index (χ0v) is 21.3. The molecule has 0 aliphatic carbocycles. The lowest BCUT2D eigenvalue weighted by Gasteiger charge is -2.32. The Labute approximate surface area is 213 Å². The fraction of sp³-hybridized carbons (Fsp3) is 0.419. The smallest absolute Gasteiger partial charge is 0.119 e. The van der Waals surface area contributed by atoms with Gasteiger partial charge in [-0.1, -0.05) is 54.6 Å². The highest BCUT2D eigenvalue weighted by Crippen LogP contribution is 2.43. The molecule has 0 bridgehead atoms. The summed E-state index contributed by atoms with van der Waals surface area (Å²) in [6.45, 7) is 6.72. The molecule has 4 atom stereocenters. The van der Waals surface area contributed by atoms with Crippen LogP contribution in [0.3, 0.4) is 0 Å². The highest BCUT2D eigenvalue weighted by atomic mass is 16.6. The molecule has 2 N–H and O–H groups in total. The standard InChI is InChI=1S/C31H36O5/c1-20-8-11-22(29-17-24(33)16-26(18-32)35-29)15-23(20)14-21-9-12-25(13-10-21)34-19-30-27-6-4-5-7-28(27)31(2,3)36-30/h4-13,15,24,26,29-30,32-33H,14,16-19H2,1-3H3/t24-,26-,29+,30-/m0/s1. The third kappa shape index (κ3) is 5.35. The summed E-state index contributed by atoms with van der Waals surface area (Å²) in [7, 11) is 0. The molecule has 0 unspecified atom stereocenters. The number of aliphatic hydroxyl groups excluding tert-OH is 2. The molecule has 190 valence electrons. The van der Waals surface area contributed by atoms with Crippen molar-refractivity contribution in [1.82, 2.24) is 0 Å². The largest absolute Gasteiger partial charge is 0.491 e. The Hall–Kier alpha value is -2.70. The van der Waals surface area contributed by atoms with Crippen molar-refractivity contribution in [3.8, 4) is 5.75 Å². The van der Waals surface area contributed by atoms with E-state index in [1.165, 1.54) is 27.8 Å². The van der Waals surface area contributed by atoms with Gasteiger partial charge in [0.15, 0.2) is 0 Å². The fourth-order valence-electron chi connectivity index (χ4n) is 5.43. The van der Waals surface area contributed by atoms with Crippen LogP contribution in [0, 0.1) is 6.92 Å². The zero-order valence-electron chi connectivity index (χ0n) is 21.3. The van der Waals surface area contributed by atoms with Crippen LogP contribution in [0.1, 0.15) is 72.3 Å². The molecule has 0 spiro atoms. The average molecular weight is 489 g/mol. The van der Waals surface area contributed by atoms with Crippen molar-refractivity contribution in [3.05, 3.63) is 100 Å². The third-order valence-electron chi connectivity index (χ3n) is 7.44. The van der Waals surface area contributed by atoms with Crippen LogP contribution in [-0.4, -0.2) is 35.6 Å². The molecule has 2 aliphatic rings. The molecule has 0 radical (unpaired) electrons. The molecule has 36 heavy (non-hydrogen) atoms. The first-order valence-electron chi connectivity index (χ1n) is 12.8. The van der Waals surface area contributed by atoms with Gasteiger partial charge in [-0.3, -0.25) is 0 Å². The molecule has 1 saturated heterocycles. The summed E-state index contributed by atoms with van der Waals surface area (Å²) < 4.78 is 18.4. The first-order valence-corrected chi connectivity index (χ1v) is 12.8. The predicted molar refractivity (Wildman–Crippen MR) is 139 cm³/mol. The molecular formula is C31H36O5. The summed E-state index contributed by atoms with van der Waals surface area (Å²) in [6.07, 6.45) is 0.791. The summed E-state index contributed by atoms with van der Waals surface area (Å²) in [5.74, 6) is 0.828. The van der Waals surface area contributed by atoms with E-state index in [4.69, 9.17) is 14.2 Å².